The van der Waals surface area contributed by atoms with Gasteiger partial charge in [0.15, 0.2) is 0 Å². The number of hydrogen-bond donors (Lipinski definition) is 23. The molecule has 708 valence electrons. The number of aromatic hydroxyl groups is 1. The molecule has 3 aromatic carbocycles. The lowest BCUT2D eigenvalue weighted by atomic mass is 9.98. The third kappa shape index (κ3) is 34.8. The number of aromatic amines is 2. The van der Waals surface area contributed by atoms with E-state index in [4.69, 9.17) is 5.73 Å². The summed E-state index contributed by atoms with van der Waals surface area (Å²) in [4.78, 5) is 270. The number of carboxylic acids is 3. The van der Waals surface area contributed by atoms with Crippen LogP contribution in [-0.4, -0.2) is 267 Å². The quantitative estimate of drug-likeness (QED) is 0.0149. The second-order valence-electron chi connectivity index (χ2n) is 32.1. The highest BCUT2D eigenvalue weighted by Crippen LogP contribution is 2.26. The van der Waals surface area contributed by atoms with Gasteiger partial charge in [-0.25, -0.2) is 9.78 Å². The van der Waals surface area contributed by atoms with E-state index in [0.29, 0.717) is 55.6 Å². The van der Waals surface area contributed by atoms with Gasteiger partial charge in [0.25, 0.3) is 0 Å². The zero-order valence-electron chi connectivity index (χ0n) is 73.0. The van der Waals surface area contributed by atoms with E-state index in [1.165, 1.54) is 69.1 Å². The Morgan fingerprint density at radius 3 is 1.79 bits per heavy atom. The Labute approximate surface area is 760 Å². The molecule has 0 bridgehead atoms. The highest BCUT2D eigenvalue weighted by atomic mass is 33.1. The fraction of sp³-hybridized carbons (Fsp3) is 0.465. The molecule has 15 atom stereocenters. The number of aromatic nitrogens is 4. The number of H-pyrrole nitrogens is 2. The summed E-state index contributed by atoms with van der Waals surface area (Å²) in [6.45, 7) is 8.89. The molecule has 1 fully saturated rings. The van der Waals surface area contributed by atoms with Gasteiger partial charge in [-0.3, -0.25) is 86.5 Å². The first kappa shape index (κ1) is 104. The highest BCUT2D eigenvalue weighted by molar-refractivity contribution is 8.76. The van der Waals surface area contributed by atoms with E-state index in [9.17, 15) is 97.5 Å². The van der Waals surface area contributed by atoms with Gasteiger partial charge in [-0.2, -0.15) is 0 Å². The van der Waals surface area contributed by atoms with E-state index >= 15 is 14.4 Å². The van der Waals surface area contributed by atoms with Crippen molar-refractivity contribution in [2.24, 2.45) is 17.6 Å². The van der Waals surface area contributed by atoms with Crippen molar-refractivity contribution in [3.05, 3.63) is 150 Å². The maximum atomic E-state index is 15.6. The number of imidazole rings is 1. The van der Waals surface area contributed by atoms with Crippen LogP contribution in [0.2, 0.25) is 0 Å². The number of nitrogens with one attached hydrogen (secondary N) is 17. The van der Waals surface area contributed by atoms with Gasteiger partial charge in [-0.05, 0) is 111 Å². The molecular formula is C86H114N20O23S2. The summed E-state index contributed by atoms with van der Waals surface area (Å²) in [5, 5.41) is 90.1. The van der Waals surface area contributed by atoms with Crippen LogP contribution in [-0.2, 0) is 118 Å². The van der Waals surface area contributed by atoms with E-state index in [2.05, 4.69) is 99.7 Å². The van der Waals surface area contributed by atoms with Gasteiger partial charge in [-0.1, -0.05) is 116 Å². The molecule has 45 heteroatoms. The molecule has 4 heterocycles. The molecule has 0 saturated carbocycles. The average Bonchev–Trinajstić information content (AvgIpc) is 1.78. The standard InChI is InChI=1S/C86H114N20O23S2/c1-44(2)31-59-81(123)105-71(45(3)4)84(126)101-62(34-51-38-90-56-21-12-11-20-55(51)56)78(120)104-67(83(125)106-72(47(6)107)85(127)100-61(32-49-17-9-8-10-18-49)77(119)102-65(86(128)129)35-52-19-14-16-30-89-52)42-131-130-41-66(103-80(122)64(37-70(113)114)94-48(7)108)82(124)93-46(5)73(115)97-60(33-50-23-25-54(109)26-24-50)76(118)99-63(36-53-39-88-43-92-53)79(121)96-57(22-13-15-29-87)74(116)91-40-68(110)95-58(75(117)98-59)27-28-69(111)112/h8-12,14,16-21,23-26,30,38-39,43-47,57-67,71-72,90,107,109H,13,15,22,27-29,31-37,40-42,87H2,1-7H3,(H,88,92)(H,91,116)(H,93,124)(H,94,108)(H,95,110)(H,96,121)(H,97,115)(H,98,117)(H,99,118)(H,100,127)(H,101,126)(H,102,119)(H,103,122)(H,104,120)(H,105,123)(H,106,125)(H,111,112)(H,113,114)(H,128,129)/t46-,47+,57-,58-,59-,60-,61-,62-,63-,64-,65?,66-,67-,71-,72-/m0/s1. The second kappa shape index (κ2) is 52.2. The fourth-order valence-electron chi connectivity index (χ4n) is 13.7. The first-order valence-corrected chi connectivity index (χ1v) is 44.8. The summed E-state index contributed by atoms with van der Waals surface area (Å²) >= 11 is 0. The summed E-state index contributed by atoms with van der Waals surface area (Å²) in [6, 6.07) is 0.933. The van der Waals surface area contributed by atoms with Crippen molar-refractivity contribution in [3.63, 3.8) is 0 Å². The Bertz CT molecular complexity index is 4940. The number of nitrogens with two attached hydrogens (primary N) is 1. The molecule has 7 rings (SSSR count). The first-order chi connectivity index (χ1) is 62.2. The minimum Gasteiger partial charge on any atom is -0.508 e. The molecule has 0 radical (unpaired) electrons. The van der Waals surface area contributed by atoms with Crippen molar-refractivity contribution in [2.45, 2.75) is 216 Å². The van der Waals surface area contributed by atoms with E-state index in [0.717, 1.165) is 20.8 Å². The molecule has 131 heavy (non-hydrogen) atoms. The Morgan fingerprint density at radius 1 is 0.550 bits per heavy atom. The Kier molecular flexibility index (Phi) is 41.6. The van der Waals surface area contributed by atoms with Crippen molar-refractivity contribution >= 4 is 139 Å². The third-order valence-electron chi connectivity index (χ3n) is 20.6. The topological polar surface area (TPSA) is 672 Å². The van der Waals surface area contributed by atoms with Crippen molar-refractivity contribution in [1.82, 2.24) is 99.7 Å². The average molecular weight is 1860 g/mol. The number of carboxylic acid groups (broad SMARTS) is 3. The van der Waals surface area contributed by atoms with E-state index < -0.39 is 253 Å². The Hall–Kier alpha value is -13.6. The number of aliphatic hydroxyl groups is 1. The van der Waals surface area contributed by atoms with Gasteiger partial charge >= 0.3 is 17.9 Å². The molecular weight excluding hydrogens is 1750 g/mol. The maximum absolute atomic E-state index is 15.6. The Morgan fingerprint density at radius 2 is 1.16 bits per heavy atom. The number of aliphatic carboxylic acids is 3. The van der Waals surface area contributed by atoms with Crippen LogP contribution in [0.1, 0.15) is 121 Å². The van der Waals surface area contributed by atoms with Crippen LogP contribution in [0.25, 0.3) is 10.9 Å². The number of carbonyl (C=O) groups excluding carboxylic acids is 15. The lowest BCUT2D eigenvalue weighted by molar-refractivity contribution is -0.142. The van der Waals surface area contributed by atoms with E-state index in [1.54, 1.807) is 80.6 Å². The number of nitrogens with zero attached hydrogens (tertiary/aromatic N) is 2. The molecule has 1 aliphatic rings. The van der Waals surface area contributed by atoms with Crippen LogP contribution in [0, 0.1) is 11.8 Å². The molecule has 3 aromatic heterocycles. The summed E-state index contributed by atoms with van der Waals surface area (Å²) < 4.78 is 0. The number of benzene rings is 3. The van der Waals surface area contributed by atoms with Crippen LogP contribution in [0.5, 0.6) is 5.75 Å². The monoisotopic (exact) mass is 1860 g/mol. The normalized spacial score (nSPS) is 21.3. The molecule has 1 saturated heterocycles. The van der Waals surface area contributed by atoms with E-state index in [1.807, 2.05) is 0 Å². The second-order valence-corrected chi connectivity index (χ2v) is 34.7. The van der Waals surface area contributed by atoms with Crippen molar-refractivity contribution in [1.29, 1.82) is 0 Å². The molecule has 43 nitrogen and oxygen atoms in total. The number of unbranched alkanes of at least 4 members (excludes halogenated alkanes) is 1. The van der Waals surface area contributed by atoms with Crippen LogP contribution < -0.4 is 85.5 Å². The van der Waals surface area contributed by atoms with Gasteiger partial charge in [0.05, 0.1) is 25.4 Å². The predicted octanol–water partition coefficient (Wildman–Crippen LogP) is -2.52. The first-order valence-electron chi connectivity index (χ1n) is 42.3. The number of rotatable bonds is 33. The number of carbonyl (C=O) groups is 18. The van der Waals surface area contributed by atoms with Crippen molar-refractivity contribution < 1.29 is 112 Å². The zero-order valence-corrected chi connectivity index (χ0v) is 74.7. The molecule has 0 aliphatic carbocycles. The van der Waals surface area contributed by atoms with Crippen LogP contribution >= 0.6 is 21.6 Å². The summed E-state index contributed by atoms with van der Waals surface area (Å²) in [5.41, 5.74) is 8.09. The van der Waals surface area contributed by atoms with E-state index in [-0.39, 0.29) is 68.6 Å². The van der Waals surface area contributed by atoms with Gasteiger partial charge in [0, 0.05) is 97.8 Å². The van der Waals surface area contributed by atoms with Gasteiger partial charge < -0.3 is 121 Å². The number of aliphatic hydroxyl groups excluding tert-OH is 1. The summed E-state index contributed by atoms with van der Waals surface area (Å²) in [5.74, 6) is -23.5. The molecule has 6 aromatic rings. The largest absolute Gasteiger partial charge is 0.508 e. The number of phenols is 1. The van der Waals surface area contributed by atoms with Crippen LogP contribution in [0.15, 0.2) is 122 Å². The SMILES string of the molecule is CC(=O)N[C@@H](CC(=O)O)C(=O)N[C@H]1CSSC[C@@H](C(=O)N[C@H](C(=O)N[C@@H](Cc2ccccc2)C(=O)NC(Cc2ccccn2)C(=O)O)[C@@H](C)O)NC(=O)[C@H](Cc2c[nH]c3ccccc23)NC(=O)[C@H](C(C)C)NC(=O)[C@H](CC(C)C)NC(=O)[C@H](CCC(=O)O)NC(=O)CNC(=O)[C@H](CCCCN)NC(=O)[C@H](Cc2cnc[nH]2)NC(=O)[C@H](Cc2ccc(O)cc2)NC(=O)[C@H](C)NC1=O. The lowest BCUT2D eigenvalue weighted by Crippen LogP contribution is -2.62. The van der Waals surface area contributed by atoms with Crippen molar-refractivity contribution in [2.75, 3.05) is 24.6 Å². The molecule has 1 unspecified atom stereocenters. The minimum atomic E-state index is -2.04. The fourth-order valence-corrected chi connectivity index (χ4v) is 16.0. The van der Waals surface area contributed by atoms with Crippen LogP contribution in [0.3, 0.4) is 0 Å². The Balaban J connectivity index is 1.34. The molecule has 15 amide bonds. The number of phenolic OH excluding ortho intramolecular Hbond substituents is 1. The van der Waals surface area contributed by atoms with Crippen LogP contribution in [0.4, 0.5) is 0 Å². The number of para-hydroxylation sites is 1. The summed E-state index contributed by atoms with van der Waals surface area (Å²) in [6.07, 6.45) is -0.163. The predicted molar refractivity (Wildman–Crippen MR) is 476 cm³/mol. The molecule has 1 aliphatic heterocycles. The zero-order chi connectivity index (χ0) is 96.1. The minimum absolute atomic E-state index is 0.123. The third-order valence-corrected chi connectivity index (χ3v) is 23.0. The van der Waals surface area contributed by atoms with Gasteiger partial charge in [-0.15, -0.1) is 0 Å². The number of amides is 15. The maximum Gasteiger partial charge on any atom is 0.326 e. The molecule has 24 N–H and O–H groups in total. The lowest BCUT2D eigenvalue weighted by Gasteiger charge is -2.30. The number of fused-ring (bicyclic) bond motifs is 1. The highest BCUT2D eigenvalue weighted by Gasteiger charge is 2.40. The van der Waals surface area contributed by atoms with Gasteiger partial charge in [0.2, 0.25) is 88.6 Å². The number of hydrogen-bond acceptors (Lipinski definition) is 25. The summed E-state index contributed by atoms with van der Waals surface area (Å²) in [7, 11) is 1.38. The molecule has 0 spiro atoms. The van der Waals surface area contributed by atoms with Gasteiger partial charge in [0.1, 0.15) is 90.3 Å². The smallest absolute Gasteiger partial charge is 0.326 e. The van der Waals surface area contributed by atoms with Crippen molar-refractivity contribution in [3.8, 4) is 5.75 Å². The number of pyridine rings is 1.